The van der Waals surface area contributed by atoms with Gasteiger partial charge < -0.3 is 15.5 Å². The van der Waals surface area contributed by atoms with Crippen LogP contribution in [-0.2, 0) is 12.4 Å². The van der Waals surface area contributed by atoms with Crippen LogP contribution in [0.5, 0.6) is 0 Å². The van der Waals surface area contributed by atoms with Crippen molar-refractivity contribution in [2.24, 2.45) is 0 Å². The summed E-state index contributed by atoms with van der Waals surface area (Å²) < 4.78 is 78.4. The van der Waals surface area contributed by atoms with Gasteiger partial charge in [0.2, 0.25) is 0 Å². The zero-order valence-corrected chi connectivity index (χ0v) is 14.1. The standard InChI is InChI=1S/C18H17F6N3/c19-17(20,21)12-2-1-3-14(10-12)26-6-8-27(9-7-26)16-5-4-13(25)11-15(16)18(22,23)24/h1-5,10-11H,6-9,25H2. The molecule has 0 amide bonds. The molecule has 9 heteroatoms. The molecule has 0 aromatic heterocycles. The number of nitrogens with zero attached hydrogens (tertiary/aromatic N) is 2. The first-order valence-corrected chi connectivity index (χ1v) is 8.19. The fourth-order valence-electron chi connectivity index (χ4n) is 3.14. The number of alkyl halides is 6. The topological polar surface area (TPSA) is 32.5 Å². The average Bonchev–Trinajstić information content (AvgIpc) is 2.60. The molecule has 0 bridgehead atoms. The molecular formula is C18H17F6N3. The van der Waals surface area contributed by atoms with Gasteiger partial charge in [0.05, 0.1) is 11.1 Å². The van der Waals surface area contributed by atoms with Gasteiger partial charge in [0, 0.05) is 43.2 Å². The Morgan fingerprint density at radius 1 is 0.741 bits per heavy atom. The number of hydrogen-bond acceptors (Lipinski definition) is 3. The van der Waals surface area contributed by atoms with Gasteiger partial charge in [-0.25, -0.2) is 0 Å². The van der Waals surface area contributed by atoms with Gasteiger partial charge in [-0.15, -0.1) is 0 Å². The minimum absolute atomic E-state index is 0.0219. The molecule has 0 saturated carbocycles. The number of nitrogens with two attached hydrogens (primary N) is 1. The lowest BCUT2D eigenvalue weighted by Gasteiger charge is -2.38. The Kier molecular flexibility index (Phi) is 4.88. The van der Waals surface area contributed by atoms with Crippen LogP contribution in [0.3, 0.4) is 0 Å². The Bertz CT molecular complexity index is 807. The molecule has 2 aromatic rings. The predicted octanol–water partition coefficient (Wildman–Crippen LogP) is 4.63. The van der Waals surface area contributed by atoms with Crippen molar-refractivity contribution >= 4 is 17.1 Å². The van der Waals surface area contributed by atoms with Crippen molar-refractivity contribution in [3.63, 3.8) is 0 Å². The first-order valence-electron chi connectivity index (χ1n) is 8.19. The Hall–Kier alpha value is -2.58. The van der Waals surface area contributed by atoms with Crippen molar-refractivity contribution in [2.45, 2.75) is 12.4 Å². The summed E-state index contributed by atoms with van der Waals surface area (Å²) >= 11 is 0. The minimum Gasteiger partial charge on any atom is -0.399 e. The lowest BCUT2D eigenvalue weighted by atomic mass is 10.1. The van der Waals surface area contributed by atoms with E-state index in [1.165, 1.54) is 18.2 Å². The molecule has 3 rings (SSSR count). The van der Waals surface area contributed by atoms with Crippen molar-refractivity contribution in [2.75, 3.05) is 41.7 Å². The number of piperazine rings is 1. The number of anilines is 3. The summed E-state index contributed by atoms with van der Waals surface area (Å²) in [7, 11) is 0. The summed E-state index contributed by atoms with van der Waals surface area (Å²) in [6.07, 6.45) is -8.98. The second kappa shape index (κ2) is 6.86. The summed E-state index contributed by atoms with van der Waals surface area (Å²) in [6.45, 7) is 1.12. The molecule has 0 unspecified atom stereocenters. The Morgan fingerprint density at radius 3 is 1.96 bits per heavy atom. The highest BCUT2D eigenvalue weighted by Gasteiger charge is 2.36. The first kappa shape index (κ1) is 19.2. The van der Waals surface area contributed by atoms with Gasteiger partial charge in [-0.1, -0.05) is 6.07 Å². The number of nitrogen functional groups attached to an aromatic ring is 1. The van der Waals surface area contributed by atoms with E-state index >= 15 is 0 Å². The third-order valence-electron chi connectivity index (χ3n) is 4.48. The molecule has 0 atom stereocenters. The van der Waals surface area contributed by atoms with Gasteiger partial charge in [-0.3, -0.25) is 0 Å². The van der Waals surface area contributed by atoms with E-state index in [-0.39, 0.29) is 24.5 Å². The van der Waals surface area contributed by atoms with Crippen molar-refractivity contribution in [1.82, 2.24) is 0 Å². The average molecular weight is 389 g/mol. The maximum atomic E-state index is 13.3. The summed E-state index contributed by atoms with van der Waals surface area (Å²) in [4.78, 5) is 3.31. The molecule has 1 fully saturated rings. The molecule has 27 heavy (non-hydrogen) atoms. The molecular weight excluding hydrogens is 372 g/mol. The third-order valence-corrected chi connectivity index (χ3v) is 4.48. The first-order chi connectivity index (χ1) is 12.6. The molecule has 3 nitrogen and oxygen atoms in total. The van der Waals surface area contributed by atoms with E-state index in [0.29, 0.717) is 18.8 Å². The summed E-state index contributed by atoms with van der Waals surface area (Å²) in [5.41, 5.74) is 4.37. The van der Waals surface area contributed by atoms with Crippen molar-refractivity contribution in [3.8, 4) is 0 Å². The largest absolute Gasteiger partial charge is 0.418 e. The fourth-order valence-corrected chi connectivity index (χ4v) is 3.14. The number of hydrogen-bond donors (Lipinski definition) is 1. The van der Waals surface area contributed by atoms with Crippen LogP contribution in [0, 0.1) is 0 Å². The van der Waals surface area contributed by atoms with Crippen LogP contribution in [-0.4, -0.2) is 26.2 Å². The zero-order chi connectivity index (χ0) is 19.8. The molecule has 2 aromatic carbocycles. The van der Waals surface area contributed by atoms with Gasteiger partial charge in [0.1, 0.15) is 0 Å². The zero-order valence-electron chi connectivity index (χ0n) is 14.1. The predicted molar refractivity (Wildman–Crippen MR) is 91.7 cm³/mol. The van der Waals surface area contributed by atoms with E-state index in [1.807, 2.05) is 0 Å². The van der Waals surface area contributed by atoms with E-state index in [1.54, 1.807) is 15.9 Å². The number of rotatable bonds is 2. The smallest absolute Gasteiger partial charge is 0.399 e. The molecule has 146 valence electrons. The normalized spacial score (nSPS) is 15.9. The van der Waals surface area contributed by atoms with Crippen LogP contribution < -0.4 is 15.5 Å². The SMILES string of the molecule is Nc1ccc(N2CCN(c3cccc(C(F)(F)F)c3)CC2)c(C(F)(F)F)c1. The van der Waals surface area contributed by atoms with Gasteiger partial charge in [-0.2, -0.15) is 26.3 Å². The molecule has 0 aliphatic carbocycles. The lowest BCUT2D eigenvalue weighted by molar-refractivity contribution is -0.138. The van der Waals surface area contributed by atoms with Crippen LogP contribution >= 0.6 is 0 Å². The van der Waals surface area contributed by atoms with Crippen LogP contribution in [0.15, 0.2) is 42.5 Å². The number of benzene rings is 2. The van der Waals surface area contributed by atoms with E-state index in [2.05, 4.69) is 0 Å². The van der Waals surface area contributed by atoms with Crippen LogP contribution in [0.4, 0.5) is 43.4 Å². The highest BCUT2D eigenvalue weighted by atomic mass is 19.4. The highest BCUT2D eigenvalue weighted by molar-refractivity contribution is 5.62. The molecule has 1 aliphatic rings. The molecule has 1 saturated heterocycles. The summed E-state index contributed by atoms with van der Waals surface area (Å²) in [5, 5.41) is 0. The quantitative estimate of drug-likeness (QED) is 0.600. The minimum atomic E-state index is -4.54. The van der Waals surface area contributed by atoms with Crippen LogP contribution in [0.1, 0.15) is 11.1 Å². The van der Waals surface area contributed by atoms with Gasteiger partial charge >= 0.3 is 12.4 Å². The van der Waals surface area contributed by atoms with Gasteiger partial charge in [-0.05, 0) is 36.4 Å². The highest BCUT2D eigenvalue weighted by Crippen LogP contribution is 2.38. The Morgan fingerprint density at radius 2 is 1.37 bits per heavy atom. The van der Waals surface area contributed by atoms with Crippen molar-refractivity contribution in [1.29, 1.82) is 0 Å². The second-order valence-electron chi connectivity index (χ2n) is 6.30. The van der Waals surface area contributed by atoms with E-state index in [4.69, 9.17) is 5.73 Å². The summed E-state index contributed by atoms with van der Waals surface area (Å²) in [6, 6.07) is 8.57. The third kappa shape index (κ3) is 4.23. The molecule has 0 radical (unpaired) electrons. The summed E-state index contributed by atoms with van der Waals surface area (Å²) in [5.74, 6) is 0. The maximum Gasteiger partial charge on any atom is 0.418 e. The fraction of sp³-hybridized carbons (Fsp3) is 0.333. The second-order valence-corrected chi connectivity index (χ2v) is 6.30. The molecule has 2 N–H and O–H groups in total. The molecule has 1 heterocycles. The van der Waals surface area contributed by atoms with E-state index in [9.17, 15) is 26.3 Å². The van der Waals surface area contributed by atoms with Gasteiger partial charge in [0.15, 0.2) is 0 Å². The van der Waals surface area contributed by atoms with E-state index in [0.717, 1.165) is 18.2 Å². The van der Waals surface area contributed by atoms with E-state index < -0.39 is 23.5 Å². The van der Waals surface area contributed by atoms with Crippen molar-refractivity contribution in [3.05, 3.63) is 53.6 Å². The number of halogens is 6. The Balaban J connectivity index is 1.77. The van der Waals surface area contributed by atoms with Crippen LogP contribution in [0.2, 0.25) is 0 Å². The molecule has 0 spiro atoms. The monoisotopic (exact) mass is 389 g/mol. The van der Waals surface area contributed by atoms with Crippen LogP contribution in [0.25, 0.3) is 0 Å². The van der Waals surface area contributed by atoms with Gasteiger partial charge in [0.25, 0.3) is 0 Å². The lowest BCUT2D eigenvalue weighted by Crippen LogP contribution is -2.47. The van der Waals surface area contributed by atoms with Crippen molar-refractivity contribution < 1.29 is 26.3 Å². The Labute approximate surface area is 152 Å². The molecule has 1 aliphatic heterocycles. The maximum absolute atomic E-state index is 13.3.